The molecule has 0 radical (unpaired) electrons. The van der Waals surface area contributed by atoms with Crippen molar-refractivity contribution in [1.29, 1.82) is 0 Å². The maximum Gasteiger partial charge on any atom is 0.212 e. The number of anilines is 1. The van der Waals surface area contributed by atoms with Crippen LogP contribution in [0, 0.1) is 0 Å². The van der Waals surface area contributed by atoms with Gasteiger partial charge in [-0.25, -0.2) is 0 Å². The van der Waals surface area contributed by atoms with Crippen LogP contribution in [0.25, 0.3) is 0 Å². The van der Waals surface area contributed by atoms with Crippen molar-refractivity contribution >= 4 is 35.3 Å². The fourth-order valence-corrected chi connectivity index (χ4v) is 4.08. The van der Waals surface area contributed by atoms with Crippen LogP contribution in [-0.2, 0) is 12.2 Å². The third-order valence-electron chi connectivity index (χ3n) is 4.78. The lowest BCUT2D eigenvalue weighted by molar-refractivity contribution is 0.700. The van der Waals surface area contributed by atoms with Crippen LogP contribution in [0.5, 0.6) is 0 Å². The van der Waals surface area contributed by atoms with Crippen LogP contribution in [-0.4, -0.2) is 34.2 Å². The second-order valence-electron chi connectivity index (χ2n) is 6.88. The highest BCUT2D eigenvalue weighted by Gasteiger charge is 2.12. The van der Waals surface area contributed by atoms with Crippen LogP contribution >= 0.6 is 23.4 Å². The highest BCUT2D eigenvalue weighted by atomic mass is 35.5. The molecule has 0 aliphatic heterocycles. The summed E-state index contributed by atoms with van der Waals surface area (Å²) in [5.74, 6) is 1.67. The first-order valence-corrected chi connectivity index (χ1v) is 11.7. The zero-order valence-electron chi connectivity index (χ0n) is 17.8. The first kappa shape index (κ1) is 22.4. The Morgan fingerprint density at radius 2 is 1.70 bits per heavy atom. The number of thioether (sulfide) groups is 1. The van der Waals surface area contributed by atoms with Gasteiger partial charge in [-0.05, 0) is 55.7 Å². The maximum absolute atomic E-state index is 5.98. The van der Waals surface area contributed by atoms with Crippen LogP contribution in [0.1, 0.15) is 44.1 Å². The topological polar surface area (TPSA) is 46.3 Å². The van der Waals surface area contributed by atoms with E-state index in [0.29, 0.717) is 0 Å². The highest BCUT2D eigenvalue weighted by Crippen LogP contribution is 2.23. The Bertz CT molecular complexity index is 947. The molecule has 158 valence electrons. The predicted molar refractivity (Wildman–Crippen MR) is 128 cm³/mol. The van der Waals surface area contributed by atoms with Gasteiger partial charge in [0.05, 0.1) is 6.21 Å². The van der Waals surface area contributed by atoms with Gasteiger partial charge >= 0.3 is 0 Å². The van der Waals surface area contributed by atoms with E-state index in [2.05, 4.69) is 60.1 Å². The summed E-state index contributed by atoms with van der Waals surface area (Å²) in [6.07, 6.45) is 3.71. The largest absolute Gasteiger partial charge is 0.372 e. The average Bonchev–Trinajstić information content (AvgIpc) is 3.15. The standard InChI is InChI=1S/C23H28ClN5S/c1-4-7-22-26-27-23(30-17-19-8-12-20(24)13-9-19)29(22)25-16-18-10-14-21(15-11-18)28(5-2)6-3/h8-16H,4-7,17H2,1-3H3/b25-16+. The van der Waals surface area contributed by atoms with Gasteiger partial charge in [-0.1, -0.05) is 54.6 Å². The molecule has 2 aromatic carbocycles. The van der Waals surface area contributed by atoms with E-state index in [1.54, 1.807) is 11.8 Å². The van der Waals surface area contributed by atoms with Gasteiger partial charge in [0.15, 0.2) is 5.82 Å². The number of halogens is 1. The second-order valence-corrected chi connectivity index (χ2v) is 8.26. The molecule has 3 rings (SSSR count). The first-order chi connectivity index (χ1) is 14.6. The Hall–Kier alpha value is -2.31. The Morgan fingerprint density at radius 1 is 1.00 bits per heavy atom. The van der Waals surface area contributed by atoms with Crippen LogP contribution in [0.3, 0.4) is 0 Å². The molecule has 3 aromatic rings. The van der Waals surface area contributed by atoms with E-state index in [0.717, 1.165) is 53.3 Å². The summed E-state index contributed by atoms with van der Waals surface area (Å²) in [6, 6.07) is 16.4. The van der Waals surface area contributed by atoms with Gasteiger partial charge in [0.2, 0.25) is 5.16 Å². The third kappa shape index (κ3) is 5.86. The van der Waals surface area contributed by atoms with E-state index in [4.69, 9.17) is 16.7 Å². The molecule has 0 saturated heterocycles. The molecule has 0 N–H and O–H groups in total. The van der Waals surface area contributed by atoms with Crippen LogP contribution in [0.15, 0.2) is 58.8 Å². The fourth-order valence-electron chi connectivity index (χ4n) is 3.09. The van der Waals surface area contributed by atoms with Gasteiger partial charge in [0.1, 0.15) is 0 Å². The minimum Gasteiger partial charge on any atom is -0.372 e. The SMILES string of the molecule is CCCc1nnc(SCc2ccc(Cl)cc2)n1/N=C/c1ccc(N(CC)CC)cc1. The summed E-state index contributed by atoms with van der Waals surface area (Å²) >= 11 is 7.61. The van der Waals surface area contributed by atoms with Crippen molar-refractivity contribution in [2.24, 2.45) is 5.10 Å². The molecule has 0 bridgehead atoms. The smallest absolute Gasteiger partial charge is 0.212 e. The van der Waals surface area contributed by atoms with Gasteiger partial charge < -0.3 is 4.90 Å². The van der Waals surface area contributed by atoms with Crippen LogP contribution < -0.4 is 4.90 Å². The summed E-state index contributed by atoms with van der Waals surface area (Å²) in [5, 5.41) is 15.0. The minimum absolute atomic E-state index is 0.744. The molecule has 0 unspecified atom stereocenters. The predicted octanol–water partition coefficient (Wildman–Crippen LogP) is 5.90. The van der Waals surface area contributed by atoms with E-state index in [1.165, 1.54) is 11.3 Å². The van der Waals surface area contributed by atoms with E-state index in [9.17, 15) is 0 Å². The van der Waals surface area contributed by atoms with Crippen molar-refractivity contribution in [2.75, 3.05) is 18.0 Å². The van der Waals surface area contributed by atoms with Crippen molar-refractivity contribution in [3.63, 3.8) is 0 Å². The van der Waals surface area contributed by atoms with E-state index in [-0.39, 0.29) is 0 Å². The molecule has 1 aromatic heterocycles. The van der Waals surface area contributed by atoms with Crippen molar-refractivity contribution in [2.45, 2.75) is 44.5 Å². The Balaban J connectivity index is 1.76. The van der Waals surface area contributed by atoms with Gasteiger partial charge in [0, 0.05) is 36.0 Å². The molecule has 0 spiro atoms. The van der Waals surface area contributed by atoms with E-state index in [1.807, 2.05) is 35.2 Å². The van der Waals surface area contributed by atoms with Crippen molar-refractivity contribution < 1.29 is 0 Å². The fraction of sp³-hybridized carbons (Fsp3) is 0.348. The summed E-state index contributed by atoms with van der Waals surface area (Å²) in [5.41, 5.74) is 3.47. The number of rotatable bonds is 10. The van der Waals surface area contributed by atoms with Crippen LogP contribution in [0.2, 0.25) is 5.02 Å². The zero-order chi connectivity index (χ0) is 21.3. The lowest BCUT2D eigenvalue weighted by Crippen LogP contribution is -2.21. The number of nitrogens with zero attached hydrogens (tertiary/aromatic N) is 5. The summed E-state index contributed by atoms with van der Waals surface area (Å²) < 4.78 is 1.86. The highest BCUT2D eigenvalue weighted by molar-refractivity contribution is 7.98. The molecule has 0 atom stereocenters. The number of benzene rings is 2. The van der Waals surface area contributed by atoms with Crippen molar-refractivity contribution in [3.05, 3.63) is 70.5 Å². The van der Waals surface area contributed by atoms with Gasteiger partial charge in [-0.2, -0.15) is 9.78 Å². The van der Waals surface area contributed by atoms with Gasteiger partial charge in [-0.3, -0.25) is 0 Å². The number of aryl methyl sites for hydroxylation is 1. The molecular formula is C23H28ClN5S. The molecule has 0 amide bonds. The van der Waals surface area contributed by atoms with E-state index < -0.39 is 0 Å². The molecule has 0 saturated carbocycles. The normalized spacial score (nSPS) is 11.3. The average molecular weight is 442 g/mol. The lowest BCUT2D eigenvalue weighted by Gasteiger charge is -2.20. The summed E-state index contributed by atoms with van der Waals surface area (Å²) in [4.78, 5) is 2.32. The van der Waals surface area contributed by atoms with Crippen LogP contribution in [0.4, 0.5) is 5.69 Å². The van der Waals surface area contributed by atoms with Gasteiger partial charge in [-0.15, -0.1) is 10.2 Å². The maximum atomic E-state index is 5.98. The number of hydrogen-bond acceptors (Lipinski definition) is 5. The zero-order valence-corrected chi connectivity index (χ0v) is 19.3. The molecule has 0 fully saturated rings. The molecule has 7 heteroatoms. The summed E-state index contributed by atoms with van der Waals surface area (Å²) in [6.45, 7) is 8.47. The summed E-state index contributed by atoms with van der Waals surface area (Å²) in [7, 11) is 0. The van der Waals surface area contributed by atoms with Gasteiger partial charge in [0.25, 0.3) is 0 Å². The second kappa shape index (κ2) is 11.2. The Labute approximate surface area is 188 Å². The quantitative estimate of drug-likeness (QED) is 0.290. The van der Waals surface area contributed by atoms with E-state index >= 15 is 0 Å². The Kier molecular flexibility index (Phi) is 8.34. The molecule has 0 aliphatic rings. The molecule has 0 aliphatic carbocycles. The lowest BCUT2D eigenvalue weighted by atomic mass is 10.2. The molecule has 5 nitrogen and oxygen atoms in total. The van der Waals surface area contributed by atoms with Crippen molar-refractivity contribution in [1.82, 2.24) is 14.9 Å². The van der Waals surface area contributed by atoms with Crippen molar-refractivity contribution in [3.8, 4) is 0 Å². The number of hydrogen-bond donors (Lipinski definition) is 0. The monoisotopic (exact) mass is 441 g/mol. The minimum atomic E-state index is 0.744. The molecule has 30 heavy (non-hydrogen) atoms. The number of aromatic nitrogens is 3. The Morgan fingerprint density at radius 3 is 2.33 bits per heavy atom. The molecule has 1 heterocycles. The first-order valence-electron chi connectivity index (χ1n) is 10.4. The molecular weight excluding hydrogens is 414 g/mol. The third-order valence-corrected chi connectivity index (χ3v) is 6.02.